The Balaban J connectivity index is 2.43. The van der Waals surface area contributed by atoms with Crippen molar-refractivity contribution in [3.05, 3.63) is 56.1 Å². The van der Waals surface area contributed by atoms with Crippen LogP contribution in [0.2, 0.25) is 5.02 Å². The number of methoxy groups -OCH3 is 1. The normalized spacial score (nSPS) is 10.2. The van der Waals surface area contributed by atoms with Gasteiger partial charge in [-0.2, -0.15) is 5.26 Å². The van der Waals surface area contributed by atoms with Crippen LogP contribution in [0.3, 0.4) is 0 Å². The average Bonchev–Trinajstić information content (AvgIpc) is 2.47. The maximum Gasteiger partial charge on any atom is 0.266 e. The Hall–Kier alpha value is -2.03. The first kappa shape index (κ1) is 15.4. The molecular weight excluding hydrogens is 313 g/mol. The standard InChI is InChI=1S/C14H11Cl2N3O2/c1-21-13-5-11(16)10(6-15)12(19-13)4-9-3-2-8(7-17)14(20)18-9/h2-3,5H,4,6H2,1H3,(H,18,20). The van der Waals surface area contributed by atoms with Crippen molar-refractivity contribution in [2.75, 3.05) is 7.11 Å². The monoisotopic (exact) mass is 323 g/mol. The molecule has 0 radical (unpaired) electrons. The number of pyridine rings is 2. The number of hydrogen-bond acceptors (Lipinski definition) is 4. The number of nitrogens with zero attached hydrogens (tertiary/aromatic N) is 2. The summed E-state index contributed by atoms with van der Waals surface area (Å²) in [6.07, 6.45) is 0.333. The van der Waals surface area contributed by atoms with Crippen molar-refractivity contribution < 1.29 is 4.74 Å². The first-order chi connectivity index (χ1) is 10.1. The summed E-state index contributed by atoms with van der Waals surface area (Å²) in [5, 5.41) is 9.21. The van der Waals surface area contributed by atoms with E-state index < -0.39 is 5.56 Å². The summed E-state index contributed by atoms with van der Waals surface area (Å²) < 4.78 is 5.08. The molecule has 0 amide bonds. The Labute approximate surface area is 131 Å². The fourth-order valence-corrected chi connectivity index (χ4v) is 2.48. The molecule has 0 aliphatic rings. The van der Waals surface area contributed by atoms with Gasteiger partial charge >= 0.3 is 0 Å². The van der Waals surface area contributed by atoms with Crippen LogP contribution in [-0.2, 0) is 12.3 Å². The molecule has 1 N–H and O–H groups in total. The first-order valence-electron chi connectivity index (χ1n) is 5.99. The predicted molar refractivity (Wildman–Crippen MR) is 79.9 cm³/mol. The fourth-order valence-electron chi connectivity index (χ4n) is 1.84. The van der Waals surface area contributed by atoms with Crippen LogP contribution in [0.4, 0.5) is 0 Å². The summed E-state index contributed by atoms with van der Waals surface area (Å²) in [4.78, 5) is 18.6. The quantitative estimate of drug-likeness (QED) is 0.877. The second-order valence-corrected chi connectivity index (χ2v) is 4.89. The Bertz CT molecular complexity index is 766. The van der Waals surface area contributed by atoms with Gasteiger partial charge in [-0.3, -0.25) is 4.79 Å². The van der Waals surface area contributed by atoms with Crippen molar-refractivity contribution in [3.63, 3.8) is 0 Å². The third-order valence-electron chi connectivity index (χ3n) is 2.92. The van der Waals surface area contributed by atoms with E-state index in [0.29, 0.717) is 34.3 Å². The van der Waals surface area contributed by atoms with Crippen LogP contribution in [0.1, 0.15) is 22.5 Å². The third kappa shape index (κ3) is 3.35. The summed E-state index contributed by atoms with van der Waals surface area (Å²) in [6.45, 7) is 0. The molecule has 0 unspecified atom stereocenters. The summed E-state index contributed by atoms with van der Waals surface area (Å²) >= 11 is 12.0. The predicted octanol–water partition coefficient (Wildman–Crippen LogP) is 2.63. The topological polar surface area (TPSA) is 78.8 Å². The third-order valence-corrected chi connectivity index (χ3v) is 3.53. The van der Waals surface area contributed by atoms with Crippen molar-refractivity contribution >= 4 is 23.2 Å². The van der Waals surface area contributed by atoms with Gasteiger partial charge in [-0.25, -0.2) is 4.98 Å². The van der Waals surface area contributed by atoms with Crippen LogP contribution in [0, 0.1) is 11.3 Å². The maximum atomic E-state index is 11.6. The highest BCUT2D eigenvalue weighted by atomic mass is 35.5. The molecule has 108 valence electrons. The number of rotatable bonds is 4. The molecule has 2 rings (SSSR count). The first-order valence-corrected chi connectivity index (χ1v) is 6.90. The van der Waals surface area contributed by atoms with Gasteiger partial charge in [-0.15, -0.1) is 11.6 Å². The summed E-state index contributed by atoms with van der Waals surface area (Å²) in [5.74, 6) is 0.575. The molecule has 0 atom stereocenters. The molecule has 0 fully saturated rings. The maximum absolute atomic E-state index is 11.6. The Morgan fingerprint density at radius 1 is 1.48 bits per heavy atom. The molecular formula is C14H11Cl2N3O2. The minimum atomic E-state index is -0.434. The van der Waals surface area contributed by atoms with Gasteiger partial charge in [0.25, 0.3) is 5.56 Å². The number of hydrogen-bond donors (Lipinski definition) is 1. The lowest BCUT2D eigenvalue weighted by atomic mass is 10.1. The number of nitrogens with one attached hydrogen (secondary N) is 1. The molecule has 7 heteroatoms. The minimum absolute atomic E-state index is 0.0629. The second-order valence-electron chi connectivity index (χ2n) is 4.22. The average molecular weight is 324 g/mol. The van der Waals surface area contributed by atoms with Crippen LogP contribution in [0.5, 0.6) is 5.88 Å². The largest absolute Gasteiger partial charge is 0.481 e. The van der Waals surface area contributed by atoms with E-state index in [1.54, 1.807) is 12.1 Å². The molecule has 2 heterocycles. The van der Waals surface area contributed by atoms with Crippen molar-refractivity contribution in [2.45, 2.75) is 12.3 Å². The molecule has 0 aliphatic carbocycles. The highest BCUT2D eigenvalue weighted by molar-refractivity contribution is 6.32. The van der Waals surface area contributed by atoms with Gasteiger partial charge in [0.05, 0.1) is 23.7 Å². The van der Waals surface area contributed by atoms with E-state index >= 15 is 0 Å². The Morgan fingerprint density at radius 2 is 2.24 bits per heavy atom. The summed E-state index contributed by atoms with van der Waals surface area (Å²) in [6, 6.07) is 6.53. The molecule has 0 saturated carbocycles. The molecule has 5 nitrogen and oxygen atoms in total. The van der Waals surface area contributed by atoms with Gasteiger partial charge < -0.3 is 9.72 Å². The van der Waals surface area contributed by atoms with Gasteiger partial charge in [0, 0.05) is 23.7 Å². The lowest BCUT2D eigenvalue weighted by Gasteiger charge is -2.10. The van der Waals surface area contributed by atoms with Crippen LogP contribution >= 0.6 is 23.2 Å². The minimum Gasteiger partial charge on any atom is -0.481 e. The number of aromatic amines is 1. The molecule has 0 spiro atoms. The number of ether oxygens (including phenoxy) is 1. The number of alkyl halides is 1. The molecule has 0 saturated heterocycles. The van der Waals surface area contributed by atoms with Gasteiger partial charge in [0.15, 0.2) is 0 Å². The summed E-state index contributed by atoms with van der Waals surface area (Å²) in [7, 11) is 1.49. The molecule has 2 aromatic rings. The van der Waals surface area contributed by atoms with Crippen LogP contribution in [0.15, 0.2) is 23.0 Å². The number of aromatic nitrogens is 2. The zero-order chi connectivity index (χ0) is 15.4. The van der Waals surface area contributed by atoms with Crippen LogP contribution < -0.4 is 10.3 Å². The van der Waals surface area contributed by atoms with E-state index in [9.17, 15) is 4.79 Å². The van der Waals surface area contributed by atoms with E-state index in [1.165, 1.54) is 13.2 Å². The summed E-state index contributed by atoms with van der Waals surface area (Å²) in [5.41, 5.74) is 1.55. The van der Waals surface area contributed by atoms with E-state index in [2.05, 4.69) is 9.97 Å². The van der Waals surface area contributed by atoms with Gasteiger partial charge in [0.2, 0.25) is 5.88 Å². The van der Waals surface area contributed by atoms with E-state index in [-0.39, 0.29) is 11.4 Å². The molecule has 0 aromatic carbocycles. The van der Waals surface area contributed by atoms with Gasteiger partial charge in [-0.1, -0.05) is 11.6 Å². The second kappa shape index (κ2) is 6.61. The van der Waals surface area contributed by atoms with Gasteiger partial charge in [-0.05, 0) is 12.1 Å². The van der Waals surface area contributed by atoms with Gasteiger partial charge in [0.1, 0.15) is 11.6 Å². The molecule has 0 bridgehead atoms. The highest BCUT2D eigenvalue weighted by Gasteiger charge is 2.12. The number of H-pyrrole nitrogens is 1. The zero-order valence-corrected chi connectivity index (χ0v) is 12.6. The SMILES string of the molecule is COc1cc(Cl)c(CCl)c(Cc2ccc(C#N)c(=O)[nH]2)n1. The van der Waals surface area contributed by atoms with E-state index in [4.69, 9.17) is 33.2 Å². The van der Waals surface area contributed by atoms with Crippen molar-refractivity contribution in [1.29, 1.82) is 5.26 Å². The zero-order valence-electron chi connectivity index (χ0n) is 11.1. The molecule has 21 heavy (non-hydrogen) atoms. The fraction of sp³-hybridized carbons (Fsp3) is 0.214. The van der Waals surface area contributed by atoms with E-state index in [0.717, 1.165) is 0 Å². The van der Waals surface area contributed by atoms with Crippen LogP contribution in [-0.4, -0.2) is 17.1 Å². The lowest BCUT2D eigenvalue weighted by molar-refractivity contribution is 0.396. The van der Waals surface area contributed by atoms with Crippen LogP contribution in [0.25, 0.3) is 0 Å². The Morgan fingerprint density at radius 3 is 2.81 bits per heavy atom. The number of nitriles is 1. The van der Waals surface area contributed by atoms with Crippen molar-refractivity contribution in [1.82, 2.24) is 9.97 Å². The Kier molecular flexibility index (Phi) is 4.84. The lowest BCUT2D eigenvalue weighted by Crippen LogP contribution is -2.13. The number of halogens is 2. The smallest absolute Gasteiger partial charge is 0.266 e. The molecule has 2 aromatic heterocycles. The molecule has 0 aliphatic heterocycles. The van der Waals surface area contributed by atoms with Crippen molar-refractivity contribution in [2.24, 2.45) is 0 Å². The highest BCUT2D eigenvalue weighted by Crippen LogP contribution is 2.26. The van der Waals surface area contributed by atoms with E-state index in [1.807, 2.05) is 6.07 Å². The van der Waals surface area contributed by atoms with Crippen molar-refractivity contribution in [3.8, 4) is 11.9 Å².